The van der Waals surface area contributed by atoms with Gasteiger partial charge in [0.05, 0.1) is 16.7 Å². The molecule has 0 spiro atoms. The van der Waals surface area contributed by atoms with Gasteiger partial charge in [0.2, 0.25) is 0 Å². The van der Waals surface area contributed by atoms with E-state index in [-0.39, 0.29) is 4.74 Å². The van der Waals surface area contributed by atoms with Crippen LogP contribution in [0.4, 0.5) is 5.69 Å². The van der Waals surface area contributed by atoms with Gasteiger partial charge in [-0.1, -0.05) is 71.6 Å². The third kappa shape index (κ3) is 2.46. The standard InChI is InChI=1S/C23H15N3OS2/c1-25-18-13-15(14-7-3-2-4-8-14)11-12-19(18)28-21(25)20-22(27)29-23-24-16-9-5-6-10-17(16)26(20)23/h2-13H,1H3/b21-20-. The average Bonchev–Trinajstić information content (AvgIpc) is 3.37. The zero-order chi connectivity index (χ0) is 19.5. The van der Waals surface area contributed by atoms with Gasteiger partial charge in [-0.25, -0.2) is 4.98 Å². The molecule has 0 unspecified atom stereocenters. The molecule has 4 nitrogen and oxygen atoms in total. The van der Waals surface area contributed by atoms with E-state index in [1.165, 1.54) is 22.5 Å². The van der Waals surface area contributed by atoms with Gasteiger partial charge in [0.1, 0.15) is 10.4 Å². The van der Waals surface area contributed by atoms with Crippen LogP contribution in [0.1, 0.15) is 0 Å². The molecule has 1 aliphatic heterocycles. The van der Waals surface area contributed by atoms with Gasteiger partial charge in [-0.05, 0) is 35.4 Å². The molecule has 0 saturated carbocycles. The molecule has 0 bridgehead atoms. The lowest BCUT2D eigenvalue weighted by atomic mass is 10.1. The maximum atomic E-state index is 12.9. The molecule has 3 aromatic carbocycles. The maximum Gasteiger partial charge on any atom is 0.262 e. The predicted molar refractivity (Wildman–Crippen MR) is 122 cm³/mol. The minimum atomic E-state index is 0.0451. The normalized spacial score (nSPS) is 15.4. The van der Waals surface area contributed by atoms with E-state index in [0.717, 1.165) is 31.6 Å². The molecule has 6 heteroatoms. The molecule has 0 radical (unpaired) electrons. The Bertz CT molecular complexity index is 1520. The second kappa shape index (κ2) is 6.20. The van der Waals surface area contributed by atoms with E-state index in [4.69, 9.17) is 0 Å². The molecule has 0 aliphatic carbocycles. The van der Waals surface area contributed by atoms with Gasteiger partial charge >= 0.3 is 0 Å². The summed E-state index contributed by atoms with van der Waals surface area (Å²) in [4.78, 5) is 21.6. The molecule has 0 fully saturated rings. The molecular weight excluding hydrogens is 398 g/mol. The number of thiazole rings is 1. The Balaban J connectivity index is 1.59. The number of hydrogen-bond donors (Lipinski definition) is 0. The predicted octanol–water partition coefficient (Wildman–Crippen LogP) is 4.60. The SMILES string of the molecule is CN1/C(=c2\c(=O)sc3nc4ccccc4n23)Sc2ccc(-c3ccccc3)cc21. The lowest BCUT2D eigenvalue weighted by Gasteiger charge is -2.14. The zero-order valence-corrected chi connectivity index (χ0v) is 17.1. The number of thioether (sulfide) groups is 1. The topological polar surface area (TPSA) is 37.6 Å². The van der Waals surface area contributed by atoms with Crippen molar-refractivity contribution in [3.8, 4) is 11.1 Å². The minimum Gasteiger partial charge on any atom is -0.336 e. The Morgan fingerprint density at radius 3 is 2.55 bits per heavy atom. The molecule has 1 aliphatic rings. The number of hydrogen-bond acceptors (Lipinski definition) is 5. The molecule has 0 atom stereocenters. The third-order valence-electron chi connectivity index (χ3n) is 5.27. The van der Waals surface area contributed by atoms with E-state index in [1.807, 2.05) is 41.8 Å². The van der Waals surface area contributed by atoms with Gasteiger partial charge in [0.25, 0.3) is 4.74 Å². The summed E-state index contributed by atoms with van der Waals surface area (Å²) in [5.41, 5.74) is 5.36. The molecule has 0 saturated heterocycles. The lowest BCUT2D eigenvalue weighted by Crippen LogP contribution is -2.30. The van der Waals surface area contributed by atoms with Gasteiger partial charge in [-0.15, -0.1) is 0 Å². The number of nitrogens with zero attached hydrogens (tertiary/aromatic N) is 3. The van der Waals surface area contributed by atoms with Crippen LogP contribution in [0.5, 0.6) is 0 Å². The molecule has 0 amide bonds. The Labute approximate surface area is 174 Å². The fraction of sp³-hybridized carbons (Fsp3) is 0.0435. The van der Waals surface area contributed by atoms with E-state index in [1.54, 1.807) is 11.8 Å². The van der Waals surface area contributed by atoms with Gasteiger partial charge in [0, 0.05) is 11.9 Å². The highest BCUT2D eigenvalue weighted by Crippen LogP contribution is 2.46. The van der Waals surface area contributed by atoms with Crippen molar-refractivity contribution in [1.82, 2.24) is 9.38 Å². The number of imidazole rings is 1. The van der Waals surface area contributed by atoms with Crippen molar-refractivity contribution in [3.63, 3.8) is 0 Å². The van der Waals surface area contributed by atoms with E-state index in [0.29, 0.717) is 5.35 Å². The number of fused-ring (bicyclic) bond motifs is 4. The summed E-state index contributed by atoms with van der Waals surface area (Å²) in [6, 6.07) is 24.8. The van der Waals surface area contributed by atoms with E-state index >= 15 is 0 Å². The monoisotopic (exact) mass is 413 g/mol. The van der Waals surface area contributed by atoms with Crippen LogP contribution in [-0.2, 0) is 0 Å². The second-order valence-electron chi connectivity index (χ2n) is 6.97. The molecular formula is C23H15N3OS2. The Hall–Kier alpha value is -3.09. The summed E-state index contributed by atoms with van der Waals surface area (Å²) in [6.45, 7) is 0. The largest absolute Gasteiger partial charge is 0.336 e. The van der Waals surface area contributed by atoms with Crippen molar-refractivity contribution < 1.29 is 0 Å². The minimum absolute atomic E-state index is 0.0451. The van der Waals surface area contributed by atoms with Crippen LogP contribution >= 0.6 is 23.1 Å². The molecule has 5 aromatic rings. The molecule has 2 aromatic heterocycles. The fourth-order valence-corrected chi connectivity index (χ4v) is 5.96. The first-order valence-corrected chi connectivity index (χ1v) is 10.9. The fourth-order valence-electron chi connectivity index (χ4n) is 3.86. The average molecular weight is 414 g/mol. The summed E-state index contributed by atoms with van der Waals surface area (Å²) in [6.07, 6.45) is 0. The molecule has 0 N–H and O–H groups in total. The molecule has 140 valence electrons. The number of benzene rings is 3. The first-order valence-electron chi connectivity index (χ1n) is 9.26. The highest BCUT2D eigenvalue weighted by Gasteiger charge is 2.26. The molecule has 6 rings (SSSR count). The van der Waals surface area contributed by atoms with Crippen molar-refractivity contribution in [2.75, 3.05) is 11.9 Å². The van der Waals surface area contributed by atoms with E-state index in [9.17, 15) is 4.79 Å². The summed E-state index contributed by atoms with van der Waals surface area (Å²) < 4.78 is 2.05. The summed E-state index contributed by atoms with van der Waals surface area (Å²) in [5.74, 6) is 0. The van der Waals surface area contributed by atoms with Gasteiger partial charge in [-0.3, -0.25) is 9.20 Å². The van der Waals surface area contributed by atoms with Crippen molar-refractivity contribution in [1.29, 1.82) is 0 Å². The smallest absolute Gasteiger partial charge is 0.262 e. The van der Waals surface area contributed by atoms with Gasteiger partial charge < -0.3 is 4.90 Å². The van der Waals surface area contributed by atoms with Gasteiger partial charge in [-0.2, -0.15) is 0 Å². The molecule has 3 heterocycles. The Kier molecular flexibility index (Phi) is 3.60. The second-order valence-corrected chi connectivity index (χ2v) is 8.94. The number of para-hydroxylation sites is 2. The third-order valence-corrected chi connectivity index (χ3v) is 7.33. The number of rotatable bonds is 1. The van der Waals surface area contributed by atoms with Crippen LogP contribution in [0, 0.1) is 0 Å². The maximum absolute atomic E-state index is 12.9. The Morgan fingerprint density at radius 2 is 1.69 bits per heavy atom. The van der Waals surface area contributed by atoms with Crippen LogP contribution in [0.2, 0.25) is 0 Å². The summed E-state index contributed by atoms with van der Waals surface area (Å²) in [5, 5.41) is 1.65. The van der Waals surface area contributed by atoms with Crippen LogP contribution in [0.25, 0.3) is 32.2 Å². The first kappa shape index (κ1) is 16.8. The van der Waals surface area contributed by atoms with Crippen LogP contribution in [-0.4, -0.2) is 16.4 Å². The number of anilines is 1. The van der Waals surface area contributed by atoms with Crippen LogP contribution in [0.15, 0.2) is 82.5 Å². The van der Waals surface area contributed by atoms with Crippen molar-refractivity contribution in [3.05, 3.63) is 87.7 Å². The zero-order valence-electron chi connectivity index (χ0n) is 15.5. The molecule has 29 heavy (non-hydrogen) atoms. The van der Waals surface area contributed by atoms with Crippen LogP contribution in [0.3, 0.4) is 0 Å². The van der Waals surface area contributed by atoms with E-state index in [2.05, 4.69) is 52.3 Å². The first-order chi connectivity index (χ1) is 14.2. The van der Waals surface area contributed by atoms with E-state index < -0.39 is 0 Å². The summed E-state index contributed by atoms with van der Waals surface area (Å²) >= 11 is 2.86. The van der Waals surface area contributed by atoms with Crippen LogP contribution < -0.4 is 15.0 Å². The highest BCUT2D eigenvalue weighted by atomic mass is 32.2. The highest BCUT2D eigenvalue weighted by molar-refractivity contribution is 8.08. The van der Waals surface area contributed by atoms with Crippen molar-refractivity contribution in [2.45, 2.75) is 4.90 Å². The lowest BCUT2D eigenvalue weighted by molar-refractivity contribution is 1.15. The quantitative estimate of drug-likeness (QED) is 0.402. The summed E-state index contributed by atoms with van der Waals surface area (Å²) in [7, 11) is 2.03. The van der Waals surface area contributed by atoms with Crippen molar-refractivity contribution in [2.24, 2.45) is 0 Å². The number of aromatic nitrogens is 2. The Morgan fingerprint density at radius 1 is 0.897 bits per heavy atom. The van der Waals surface area contributed by atoms with Crippen molar-refractivity contribution >= 4 is 49.8 Å². The van der Waals surface area contributed by atoms with Gasteiger partial charge in [0.15, 0.2) is 4.96 Å².